The first-order valence-corrected chi connectivity index (χ1v) is 13.2. The quantitative estimate of drug-likeness (QED) is 0.507. The highest BCUT2D eigenvalue weighted by atomic mass is 32.2. The second-order valence-electron chi connectivity index (χ2n) is 9.25. The minimum atomic E-state index is -3.86. The molecule has 3 aromatic rings. The van der Waals surface area contributed by atoms with Crippen LogP contribution in [0, 0.1) is 6.92 Å². The largest absolute Gasteiger partial charge is 0.268 e. The van der Waals surface area contributed by atoms with Crippen LogP contribution in [0.15, 0.2) is 95.9 Å². The number of carbonyl (C=O) groups excluding carboxylic acids is 1. The van der Waals surface area contributed by atoms with Gasteiger partial charge in [-0.3, -0.25) is 9.80 Å². The van der Waals surface area contributed by atoms with Crippen molar-refractivity contribution in [2.75, 3.05) is 13.1 Å². The van der Waals surface area contributed by atoms with Crippen LogP contribution in [-0.4, -0.2) is 47.8 Å². The number of hydrazine groups is 1. The fourth-order valence-corrected chi connectivity index (χ4v) is 6.57. The van der Waals surface area contributed by atoms with Crippen LogP contribution in [0.2, 0.25) is 0 Å². The molecule has 2 heterocycles. The van der Waals surface area contributed by atoms with Crippen molar-refractivity contribution in [3.8, 4) is 0 Å². The number of aryl methyl sites for hydroxylation is 1. The van der Waals surface area contributed by atoms with Gasteiger partial charge in [0.25, 0.3) is 5.91 Å². The highest BCUT2D eigenvalue weighted by molar-refractivity contribution is 7.89. The molecule has 6 nitrogen and oxygen atoms in total. The maximum atomic E-state index is 14.0. The Hall–Kier alpha value is -3.26. The lowest BCUT2D eigenvalue weighted by Gasteiger charge is -2.55. The van der Waals surface area contributed by atoms with E-state index in [1.54, 1.807) is 33.6 Å². The Balaban J connectivity index is 1.67. The van der Waals surface area contributed by atoms with E-state index in [-0.39, 0.29) is 17.3 Å². The molecular weight excluding hydrogens is 458 g/mol. The summed E-state index contributed by atoms with van der Waals surface area (Å²) in [6.45, 7) is 8.57. The van der Waals surface area contributed by atoms with Gasteiger partial charge in [-0.1, -0.05) is 72.3 Å². The molecule has 1 amide bonds. The van der Waals surface area contributed by atoms with Gasteiger partial charge in [0.15, 0.2) is 0 Å². The molecule has 0 spiro atoms. The van der Waals surface area contributed by atoms with E-state index >= 15 is 0 Å². The summed E-state index contributed by atoms with van der Waals surface area (Å²) in [5, 5.41) is 3.66. The SMILES string of the molecule is C=C(C)C1CN(S(=O)(=O)c2ccc(C)cc2)[C@H]2c3ccccc3CCN2N1C(=O)c1ccccc1. The molecule has 1 fully saturated rings. The molecule has 35 heavy (non-hydrogen) atoms. The molecule has 2 atom stereocenters. The lowest BCUT2D eigenvalue weighted by atomic mass is 9.95. The van der Waals surface area contributed by atoms with E-state index in [1.807, 2.05) is 73.5 Å². The molecule has 0 N–H and O–H groups in total. The summed E-state index contributed by atoms with van der Waals surface area (Å²) >= 11 is 0. The van der Waals surface area contributed by atoms with Crippen LogP contribution in [0.1, 0.15) is 40.1 Å². The van der Waals surface area contributed by atoms with Crippen LogP contribution < -0.4 is 0 Å². The van der Waals surface area contributed by atoms with E-state index in [9.17, 15) is 13.2 Å². The van der Waals surface area contributed by atoms with Gasteiger partial charge in [0.05, 0.1) is 10.9 Å². The summed E-state index contributed by atoms with van der Waals surface area (Å²) in [6.07, 6.45) is 0.0848. The van der Waals surface area contributed by atoms with Crippen LogP contribution in [-0.2, 0) is 16.4 Å². The molecule has 0 bridgehead atoms. The molecule has 7 heteroatoms. The van der Waals surface area contributed by atoms with Gasteiger partial charge in [0.1, 0.15) is 6.17 Å². The van der Waals surface area contributed by atoms with E-state index in [0.29, 0.717) is 18.5 Å². The zero-order chi connectivity index (χ0) is 24.7. The number of benzene rings is 3. The predicted molar refractivity (Wildman–Crippen MR) is 136 cm³/mol. The Morgan fingerprint density at radius 1 is 0.943 bits per heavy atom. The Labute approximate surface area is 207 Å². The van der Waals surface area contributed by atoms with Gasteiger partial charge in [-0.15, -0.1) is 0 Å². The van der Waals surface area contributed by atoms with Crippen LogP contribution in [0.5, 0.6) is 0 Å². The predicted octanol–water partition coefficient (Wildman–Crippen LogP) is 4.56. The van der Waals surface area contributed by atoms with Gasteiger partial charge in [0, 0.05) is 18.7 Å². The van der Waals surface area contributed by atoms with Crippen molar-refractivity contribution in [2.45, 2.75) is 37.4 Å². The maximum Gasteiger partial charge on any atom is 0.268 e. The first-order valence-electron chi connectivity index (χ1n) is 11.8. The summed E-state index contributed by atoms with van der Waals surface area (Å²) in [4.78, 5) is 14.1. The molecule has 5 rings (SSSR count). The van der Waals surface area contributed by atoms with Crippen molar-refractivity contribution in [1.29, 1.82) is 0 Å². The van der Waals surface area contributed by atoms with Crippen molar-refractivity contribution < 1.29 is 13.2 Å². The van der Waals surface area contributed by atoms with Gasteiger partial charge in [-0.25, -0.2) is 8.42 Å². The lowest BCUT2D eigenvalue weighted by molar-refractivity contribution is -0.129. The molecule has 2 aliphatic rings. The molecule has 0 radical (unpaired) electrons. The second-order valence-corrected chi connectivity index (χ2v) is 11.1. The van der Waals surface area contributed by atoms with Crippen molar-refractivity contribution in [3.63, 3.8) is 0 Å². The number of hydrogen-bond donors (Lipinski definition) is 0. The molecule has 180 valence electrons. The number of carbonyl (C=O) groups is 1. The van der Waals surface area contributed by atoms with E-state index in [0.717, 1.165) is 22.3 Å². The Kier molecular flexibility index (Phi) is 6.09. The highest BCUT2D eigenvalue weighted by Gasteiger charge is 2.50. The molecule has 0 aromatic heterocycles. The molecule has 0 aliphatic carbocycles. The molecular formula is C28H29N3O3S. The van der Waals surface area contributed by atoms with Gasteiger partial charge in [-0.05, 0) is 55.7 Å². The number of rotatable bonds is 4. The highest BCUT2D eigenvalue weighted by Crippen LogP contribution is 2.42. The molecule has 3 aromatic carbocycles. The van der Waals surface area contributed by atoms with E-state index < -0.39 is 22.2 Å². The first kappa shape index (κ1) is 23.5. The molecule has 1 unspecified atom stereocenters. The fraction of sp³-hybridized carbons (Fsp3) is 0.250. The second kappa shape index (κ2) is 9.07. The van der Waals surface area contributed by atoms with Crippen LogP contribution >= 0.6 is 0 Å². The Bertz CT molecular complexity index is 1370. The number of sulfonamides is 1. The van der Waals surface area contributed by atoms with E-state index in [4.69, 9.17) is 0 Å². The fourth-order valence-electron chi connectivity index (χ4n) is 5.00. The summed E-state index contributed by atoms with van der Waals surface area (Å²) in [5.74, 6) is -0.157. The average molecular weight is 488 g/mol. The summed E-state index contributed by atoms with van der Waals surface area (Å²) in [7, 11) is -3.86. The van der Waals surface area contributed by atoms with Crippen LogP contribution in [0.4, 0.5) is 0 Å². The monoisotopic (exact) mass is 487 g/mol. The van der Waals surface area contributed by atoms with Gasteiger partial charge < -0.3 is 0 Å². The molecule has 1 saturated heterocycles. The van der Waals surface area contributed by atoms with Crippen molar-refractivity contribution in [3.05, 3.63) is 113 Å². The van der Waals surface area contributed by atoms with Crippen LogP contribution in [0.25, 0.3) is 0 Å². The van der Waals surface area contributed by atoms with Gasteiger partial charge >= 0.3 is 0 Å². The number of fused-ring (bicyclic) bond motifs is 3. The molecule has 0 saturated carbocycles. The standard InChI is InChI=1S/C28H29N3O3S/c1-20(2)26-19-30(35(33,34)24-15-13-21(3)14-16-24)27-25-12-8-7-9-22(25)17-18-29(27)31(26)28(32)23-10-5-4-6-11-23/h4-16,26-27H,1,17-19H2,2-3H3/t26?,27-/m0/s1. The summed E-state index contributed by atoms with van der Waals surface area (Å²) in [5.41, 5.74) is 4.28. The third-order valence-electron chi connectivity index (χ3n) is 6.85. The zero-order valence-corrected chi connectivity index (χ0v) is 20.8. The van der Waals surface area contributed by atoms with E-state index in [1.165, 1.54) is 0 Å². The molecule has 2 aliphatic heterocycles. The number of nitrogens with zero attached hydrogens (tertiary/aromatic N) is 3. The Morgan fingerprint density at radius 3 is 2.29 bits per heavy atom. The maximum absolute atomic E-state index is 14.0. The third-order valence-corrected chi connectivity index (χ3v) is 8.68. The van der Waals surface area contributed by atoms with Crippen molar-refractivity contribution in [2.24, 2.45) is 0 Å². The van der Waals surface area contributed by atoms with Crippen molar-refractivity contribution >= 4 is 15.9 Å². The van der Waals surface area contributed by atoms with Gasteiger partial charge in [0.2, 0.25) is 10.0 Å². The minimum absolute atomic E-state index is 0.125. The first-order chi connectivity index (χ1) is 16.8. The zero-order valence-electron chi connectivity index (χ0n) is 20.0. The number of hydrogen-bond acceptors (Lipinski definition) is 4. The lowest BCUT2D eigenvalue weighted by Crippen LogP contribution is -2.67. The number of amides is 1. The van der Waals surface area contributed by atoms with Crippen molar-refractivity contribution in [1.82, 2.24) is 14.3 Å². The Morgan fingerprint density at radius 2 is 1.60 bits per heavy atom. The summed E-state index contributed by atoms with van der Waals surface area (Å²) < 4.78 is 29.6. The normalized spacial score (nSPS) is 20.7. The van der Waals surface area contributed by atoms with Gasteiger partial charge in [-0.2, -0.15) is 9.31 Å². The average Bonchev–Trinajstić information content (AvgIpc) is 2.87. The van der Waals surface area contributed by atoms with E-state index in [2.05, 4.69) is 6.58 Å². The summed E-state index contributed by atoms with van der Waals surface area (Å²) in [6, 6.07) is 23.5. The third kappa shape index (κ3) is 4.10. The smallest absolute Gasteiger partial charge is 0.268 e. The minimum Gasteiger partial charge on any atom is -0.268 e. The van der Waals surface area contributed by atoms with Crippen LogP contribution in [0.3, 0.4) is 0 Å². The topological polar surface area (TPSA) is 60.9 Å².